The normalized spacial score (nSPS) is 13.0. The molecule has 2 aromatic rings. The monoisotopic (exact) mass is 374 g/mol. The van der Waals surface area contributed by atoms with Crippen LogP contribution in [0.25, 0.3) is 0 Å². The maximum Gasteiger partial charge on any atom is 0.320 e. The molecule has 0 heterocycles. The molecular weight excluding hydrogens is 352 g/mol. The summed E-state index contributed by atoms with van der Waals surface area (Å²) in [6.07, 6.45) is 0.0583. The zero-order chi connectivity index (χ0) is 18.9. The van der Waals surface area contributed by atoms with Crippen LogP contribution in [0.1, 0.15) is 22.8 Å². The molecule has 0 amide bonds. The van der Waals surface area contributed by atoms with E-state index in [9.17, 15) is 13.8 Å². The molecule has 0 N–H and O–H groups in total. The molecule has 0 aromatic heterocycles. The molecule has 2 rings (SSSR count). The van der Waals surface area contributed by atoms with Gasteiger partial charge < -0.3 is 9.47 Å². The highest BCUT2D eigenvalue weighted by atomic mass is 32.2. The van der Waals surface area contributed by atoms with E-state index in [0.29, 0.717) is 5.75 Å². The van der Waals surface area contributed by atoms with Gasteiger partial charge in [0.1, 0.15) is 0 Å². The van der Waals surface area contributed by atoms with Crippen molar-refractivity contribution in [3.63, 3.8) is 0 Å². The Hall–Kier alpha value is -2.47. The quantitative estimate of drug-likeness (QED) is 0.525. The van der Waals surface area contributed by atoms with Crippen LogP contribution in [0.4, 0.5) is 0 Å². The van der Waals surface area contributed by atoms with Crippen molar-refractivity contribution in [1.82, 2.24) is 0 Å². The fraction of sp³-hybridized carbons (Fsp3) is 0.300. The van der Waals surface area contributed by atoms with Gasteiger partial charge in [0.2, 0.25) is 0 Å². The molecule has 5 nitrogen and oxygen atoms in total. The molecule has 0 saturated carbocycles. The molecule has 2 aromatic carbocycles. The van der Waals surface area contributed by atoms with Gasteiger partial charge in [-0.25, -0.2) is 0 Å². The number of benzene rings is 2. The van der Waals surface area contributed by atoms with Crippen molar-refractivity contribution in [1.29, 1.82) is 0 Å². The predicted octanol–water partition coefficient (Wildman–Crippen LogP) is 3.03. The Balaban J connectivity index is 2.30. The third-order valence-corrected chi connectivity index (χ3v) is 5.78. The van der Waals surface area contributed by atoms with Crippen molar-refractivity contribution >= 4 is 22.7 Å². The van der Waals surface area contributed by atoms with E-state index in [0.717, 1.165) is 11.1 Å². The fourth-order valence-corrected chi connectivity index (χ4v) is 4.28. The Morgan fingerprint density at radius 2 is 1.38 bits per heavy atom. The Labute approximate surface area is 155 Å². The first-order valence-corrected chi connectivity index (χ1v) is 9.56. The number of hydrogen-bond acceptors (Lipinski definition) is 5. The zero-order valence-electron chi connectivity index (χ0n) is 14.8. The first kappa shape index (κ1) is 19.8. The lowest BCUT2D eigenvalue weighted by Gasteiger charge is -2.21. The van der Waals surface area contributed by atoms with E-state index in [1.54, 1.807) is 0 Å². The second kappa shape index (κ2) is 9.87. The molecule has 0 radical (unpaired) electrons. The summed E-state index contributed by atoms with van der Waals surface area (Å²) in [7, 11) is 1.11. The maximum absolute atomic E-state index is 13.1. The van der Waals surface area contributed by atoms with E-state index >= 15 is 0 Å². The summed E-state index contributed by atoms with van der Waals surface area (Å²) < 4.78 is 22.5. The Bertz CT molecular complexity index is 729. The second-order valence-electron chi connectivity index (χ2n) is 5.74. The van der Waals surface area contributed by atoms with Crippen LogP contribution in [0.5, 0.6) is 0 Å². The third-order valence-electron chi connectivity index (χ3n) is 4.06. The minimum Gasteiger partial charge on any atom is -0.468 e. The van der Waals surface area contributed by atoms with E-state index in [1.807, 2.05) is 60.7 Å². The minimum absolute atomic E-state index is 0.0583. The molecule has 2 atom stereocenters. The summed E-state index contributed by atoms with van der Waals surface area (Å²) in [4.78, 5) is 24.1. The number of ether oxygens (including phenoxy) is 2. The highest BCUT2D eigenvalue weighted by molar-refractivity contribution is 7.84. The van der Waals surface area contributed by atoms with Crippen LogP contribution in [0.3, 0.4) is 0 Å². The van der Waals surface area contributed by atoms with Crippen molar-refractivity contribution in [2.45, 2.75) is 17.4 Å². The van der Waals surface area contributed by atoms with Gasteiger partial charge in [0.25, 0.3) is 0 Å². The number of hydrogen-bond donors (Lipinski definition) is 0. The van der Waals surface area contributed by atoms with E-state index in [4.69, 9.17) is 9.47 Å². The third kappa shape index (κ3) is 5.26. The van der Waals surface area contributed by atoms with Crippen LogP contribution < -0.4 is 0 Å². The lowest BCUT2D eigenvalue weighted by molar-refractivity contribution is -0.159. The van der Waals surface area contributed by atoms with Gasteiger partial charge in [-0.3, -0.25) is 13.8 Å². The van der Waals surface area contributed by atoms with Crippen LogP contribution in [-0.2, 0) is 35.6 Å². The topological polar surface area (TPSA) is 69.7 Å². The van der Waals surface area contributed by atoms with Gasteiger partial charge >= 0.3 is 11.9 Å². The lowest BCUT2D eigenvalue weighted by atomic mass is 9.99. The van der Waals surface area contributed by atoms with Gasteiger partial charge in [-0.05, 0) is 17.5 Å². The van der Waals surface area contributed by atoms with Gasteiger partial charge in [0.05, 0.1) is 19.5 Å². The Morgan fingerprint density at radius 1 is 0.885 bits per heavy atom. The lowest BCUT2D eigenvalue weighted by Crippen LogP contribution is -2.29. The standard InChI is InChI=1S/C20H22O5S/c1-24-19(21)17(20(22)25-2)13-18(16-11-7-4-8-12-16)26(23)14-15-9-5-3-6-10-15/h3-12,17-18H,13-14H2,1-2H3/t18-,26-/m0/s1. The summed E-state index contributed by atoms with van der Waals surface area (Å²) in [5, 5.41) is -0.500. The first-order valence-electron chi connectivity index (χ1n) is 8.18. The molecule has 0 spiro atoms. The number of rotatable bonds is 8. The smallest absolute Gasteiger partial charge is 0.320 e. The SMILES string of the molecule is COC(=O)C(C[C@@H](c1ccccc1)[S@@](=O)Cc1ccccc1)C(=O)OC. The highest BCUT2D eigenvalue weighted by Crippen LogP contribution is 2.30. The molecule has 0 unspecified atom stereocenters. The number of esters is 2. The maximum atomic E-state index is 13.1. The largest absolute Gasteiger partial charge is 0.468 e. The van der Waals surface area contributed by atoms with Crippen LogP contribution in [-0.4, -0.2) is 30.4 Å². The molecule has 0 saturated heterocycles. The minimum atomic E-state index is -1.33. The van der Waals surface area contributed by atoms with E-state index in [2.05, 4.69) is 0 Å². The molecule has 0 aliphatic rings. The van der Waals surface area contributed by atoms with Crippen molar-refractivity contribution < 1.29 is 23.3 Å². The van der Waals surface area contributed by atoms with E-state index < -0.39 is 33.9 Å². The van der Waals surface area contributed by atoms with Crippen molar-refractivity contribution in [3.05, 3.63) is 71.8 Å². The molecule has 138 valence electrons. The van der Waals surface area contributed by atoms with Crippen molar-refractivity contribution in [2.24, 2.45) is 5.92 Å². The van der Waals surface area contributed by atoms with Gasteiger partial charge in [-0.1, -0.05) is 60.7 Å². The summed E-state index contributed by atoms with van der Waals surface area (Å²) >= 11 is 0. The molecule has 0 fully saturated rings. The molecule has 0 aliphatic heterocycles. The number of methoxy groups -OCH3 is 2. The van der Waals surface area contributed by atoms with Gasteiger partial charge in [-0.15, -0.1) is 0 Å². The van der Waals surface area contributed by atoms with E-state index in [1.165, 1.54) is 14.2 Å². The average Bonchev–Trinajstić information content (AvgIpc) is 2.69. The van der Waals surface area contributed by atoms with Gasteiger partial charge in [0.15, 0.2) is 5.92 Å². The molecule has 26 heavy (non-hydrogen) atoms. The van der Waals surface area contributed by atoms with E-state index in [-0.39, 0.29) is 6.42 Å². The molecule has 6 heteroatoms. The Kier molecular flexibility index (Phi) is 7.53. The van der Waals surface area contributed by atoms with Crippen LogP contribution >= 0.6 is 0 Å². The average molecular weight is 374 g/mol. The second-order valence-corrected chi connectivity index (χ2v) is 7.36. The summed E-state index contributed by atoms with van der Waals surface area (Å²) in [6, 6.07) is 18.7. The molecule has 0 aliphatic carbocycles. The van der Waals surface area contributed by atoms with Gasteiger partial charge in [-0.2, -0.15) is 0 Å². The van der Waals surface area contributed by atoms with Crippen LogP contribution in [0, 0.1) is 5.92 Å². The summed E-state index contributed by atoms with van der Waals surface area (Å²) in [6.45, 7) is 0. The summed E-state index contributed by atoms with van der Waals surface area (Å²) in [5.74, 6) is -2.16. The molecule has 0 bridgehead atoms. The van der Waals surface area contributed by atoms with Gasteiger partial charge in [0, 0.05) is 16.6 Å². The number of carbonyl (C=O) groups is 2. The number of carbonyl (C=O) groups excluding carboxylic acids is 2. The first-order chi connectivity index (χ1) is 12.6. The Morgan fingerprint density at radius 3 is 1.88 bits per heavy atom. The van der Waals surface area contributed by atoms with Crippen molar-refractivity contribution in [2.75, 3.05) is 14.2 Å². The molecular formula is C20H22O5S. The zero-order valence-corrected chi connectivity index (χ0v) is 15.6. The van der Waals surface area contributed by atoms with Crippen LogP contribution in [0.2, 0.25) is 0 Å². The van der Waals surface area contributed by atoms with Crippen LogP contribution in [0.15, 0.2) is 60.7 Å². The predicted molar refractivity (Wildman–Crippen MR) is 99.6 cm³/mol. The summed E-state index contributed by atoms with van der Waals surface area (Å²) in [5.41, 5.74) is 1.74. The van der Waals surface area contributed by atoms with Crippen molar-refractivity contribution in [3.8, 4) is 0 Å². The highest BCUT2D eigenvalue weighted by Gasteiger charge is 2.34. The fourth-order valence-electron chi connectivity index (χ4n) is 2.69.